The molecule has 0 bridgehead atoms. The summed E-state index contributed by atoms with van der Waals surface area (Å²) < 4.78 is 23.8. The molecule has 0 saturated heterocycles. The van der Waals surface area contributed by atoms with Gasteiger partial charge in [-0.05, 0) is 31.5 Å². The minimum absolute atomic E-state index is 0.0600. The maximum Gasteiger partial charge on any atom is 0.157 e. The smallest absolute Gasteiger partial charge is 0.157 e. The summed E-state index contributed by atoms with van der Waals surface area (Å²) in [4.78, 5) is 3.81. The van der Waals surface area contributed by atoms with Crippen LogP contribution in [0.5, 0.6) is 0 Å². The quantitative estimate of drug-likeness (QED) is 0.870. The molecule has 90 valence electrons. The second kappa shape index (κ2) is 5.61. The number of rotatable bonds is 5. The lowest BCUT2D eigenvalue weighted by Crippen LogP contribution is -2.22. The Kier molecular flexibility index (Phi) is 4.70. The predicted octanol–water partition coefficient (Wildman–Crippen LogP) is 1.39. The fourth-order valence-electron chi connectivity index (χ4n) is 1.29. The molecule has 0 amide bonds. The van der Waals surface area contributed by atoms with Gasteiger partial charge in [0.05, 0.1) is 16.0 Å². The van der Waals surface area contributed by atoms with E-state index in [2.05, 4.69) is 4.98 Å². The summed E-state index contributed by atoms with van der Waals surface area (Å²) in [6.45, 7) is 2.03. The Morgan fingerprint density at radius 2 is 2.25 bits per heavy atom. The Balaban J connectivity index is 2.85. The van der Waals surface area contributed by atoms with Gasteiger partial charge in [-0.2, -0.15) is 0 Å². The van der Waals surface area contributed by atoms with E-state index in [0.29, 0.717) is 23.6 Å². The van der Waals surface area contributed by atoms with Crippen molar-refractivity contribution in [3.63, 3.8) is 0 Å². The topological polar surface area (TPSA) is 73.1 Å². The third-order valence-electron chi connectivity index (χ3n) is 2.40. The molecule has 0 aliphatic heterocycles. The molecule has 0 radical (unpaired) electrons. The van der Waals surface area contributed by atoms with Crippen LogP contribution in [-0.2, 0) is 15.6 Å². The molecule has 6 heteroatoms. The largest absolute Gasteiger partial charge is 0.330 e. The van der Waals surface area contributed by atoms with Crippen molar-refractivity contribution in [2.45, 2.75) is 24.3 Å². The Hall–Kier alpha value is -0.650. The summed E-state index contributed by atoms with van der Waals surface area (Å²) in [5.74, 6) is -0.0600. The van der Waals surface area contributed by atoms with Gasteiger partial charge in [0.25, 0.3) is 0 Å². The highest BCUT2D eigenvalue weighted by molar-refractivity contribution is 7.91. The van der Waals surface area contributed by atoms with Gasteiger partial charge in [-0.3, -0.25) is 4.98 Å². The van der Waals surface area contributed by atoms with Gasteiger partial charge in [0, 0.05) is 12.4 Å². The fraction of sp³-hybridized carbons (Fsp3) is 0.500. The third kappa shape index (κ3) is 3.43. The number of aromatic nitrogens is 1. The van der Waals surface area contributed by atoms with Crippen LogP contribution >= 0.6 is 11.6 Å². The van der Waals surface area contributed by atoms with Crippen LogP contribution in [0.1, 0.15) is 18.9 Å². The van der Waals surface area contributed by atoms with Gasteiger partial charge < -0.3 is 5.73 Å². The summed E-state index contributed by atoms with van der Waals surface area (Å²) >= 11 is 5.86. The highest BCUT2D eigenvalue weighted by atomic mass is 35.5. The van der Waals surface area contributed by atoms with Crippen LogP contribution in [0.4, 0.5) is 0 Å². The number of nitrogens with zero attached hydrogens (tertiary/aromatic N) is 1. The number of hydrogen-bond acceptors (Lipinski definition) is 4. The molecule has 0 fully saturated rings. The van der Waals surface area contributed by atoms with Crippen LogP contribution in [-0.4, -0.2) is 25.2 Å². The highest BCUT2D eigenvalue weighted by Gasteiger charge is 2.21. The zero-order chi connectivity index (χ0) is 12.2. The van der Waals surface area contributed by atoms with Crippen molar-refractivity contribution in [3.8, 4) is 0 Å². The molecule has 0 aliphatic rings. The van der Waals surface area contributed by atoms with E-state index in [-0.39, 0.29) is 5.75 Å². The first-order valence-electron chi connectivity index (χ1n) is 4.97. The standard InChI is InChI=1S/C10H15ClN2O2S/c1-8(2-4-12)16(14,15)7-9-3-5-13-6-10(9)11/h3,5-6,8H,2,4,7,12H2,1H3. The molecule has 16 heavy (non-hydrogen) atoms. The second-order valence-corrected chi connectivity index (χ2v) is 6.49. The SMILES string of the molecule is CC(CCN)S(=O)(=O)Cc1ccncc1Cl. The van der Waals surface area contributed by atoms with Crippen molar-refractivity contribution in [2.24, 2.45) is 5.73 Å². The van der Waals surface area contributed by atoms with Gasteiger partial charge in [0.2, 0.25) is 0 Å². The van der Waals surface area contributed by atoms with E-state index in [9.17, 15) is 8.42 Å². The van der Waals surface area contributed by atoms with Gasteiger partial charge in [-0.15, -0.1) is 0 Å². The van der Waals surface area contributed by atoms with Crippen molar-refractivity contribution >= 4 is 21.4 Å². The summed E-state index contributed by atoms with van der Waals surface area (Å²) in [7, 11) is -3.19. The Labute approximate surface area is 101 Å². The average Bonchev–Trinajstić information content (AvgIpc) is 2.21. The molecule has 1 atom stereocenters. The number of sulfone groups is 1. The van der Waals surface area contributed by atoms with E-state index in [1.54, 1.807) is 13.0 Å². The zero-order valence-corrected chi connectivity index (χ0v) is 10.6. The van der Waals surface area contributed by atoms with Crippen LogP contribution in [0.25, 0.3) is 0 Å². The molecule has 4 nitrogen and oxygen atoms in total. The number of hydrogen-bond donors (Lipinski definition) is 1. The molecule has 0 aromatic carbocycles. The Bertz CT molecular complexity index is 448. The van der Waals surface area contributed by atoms with Gasteiger partial charge >= 0.3 is 0 Å². The minimum atomic E-state index is -3.19. The summed E-state index contributed by atoms with van der Waals surface area (Å²) in [6, 6.07) is 1.62. The van der Waals surface area contributed by atoms with E-state index in [4.69, 9.17) is 17.3 Å². The molecule has 1 heterocycles. The lowest BCUT2D eigenvalue weighted by molar-refractivity contribution is 0.577. The Morgan fingerprint density at radius 1 is 1.56 bits per heavy atom. The molecule has 1 unspecified atom stereocenters. The van der Waals surface area contributed by atoms with Gasteiger partial charge in [0.15, 0.2) is 9.84 Å². The molecule has 0 aliphatic carbocycles. The first-order valence-corrected chi connectivity index (χ1v) is 7.06. The van der Waals surface area contributed by atoms with Crippen molar-refractivity contribution in [1.82, 2.24) is 4.98 Å². The van der Waals surface area contributed by atoms with Crippen LogP contribution in [0, 0.1) is 0 Å². The molecule has 1 aromatic rings. The average molecular weight is 263 g/mol. The fourth-order valence-corrected chi connectivity index (χ4v) is 3.02. The second-order valence-electron chi connectivity index (χ2n) is 3.66. The minimum Gasteiger partial charge on any atom is -0.330 e. The summed E-state index contributed by atoms with van der Waals surface area (Å²) in [5.41, 5.74) is 5.93. The van der Waals surface area contributed by atoms with Gasteiger partial charge in [-0.25, -0.2) is 8.42 Å². The van der Waals surface area contributed by atoms with Crippen LogP contribution in [0.2, 0.25) is 5.02 Å². The molecular formula is C10H15ClN2O2S. The maximum absolute atomic E-state index is 11.9. The Morgan fingerprint density at radius 3 is 2.81 bits per heavy atom. The first kappa shape index (κ1) is 13.4. The van der Waals surface area contributed by atoms with E-state index in [1.807, 2.05) is 0 Å². The van der Waals surface area contributed by atoms with E-state index < -0.39 is 15.1 Å². The van der Waals surface area contributed by atoms with Gasteiger partial charge in [0.1, 0.15) is 0 Å². The maximum atomic E-state index is 11.9. The molecule has 0 spiro atoms. The zero-order valence-electron chi connectivity index (χ0n) is 9.06. The number of halogens is 1. The lowest BCUT2D eigenvalue weighted by Gasteiger charge is -2.12. The number of nitrogens with two attached hydrogens (primary N) is 1. The highest BCUT2D eigenvalue weighted by Crippen LogP contribution is 2.19. The molecular weight excluding hydrogens is 248 g/mol. The molecule has 2 N–H and O–H groups in total. The summed E-state index contributed by atoms with van der Waals surface area (Å²) in [6.07, 6.45) is 3.44. The van der Waals surface area contributed by atoms with Crippen molar-refractivity contribution in [1.29, 1.82) is 0 Å². The van der Waals surface area contributed by atoms with Crippen molar-refractivity contribution in [3.05, 3.63) is 29.0 Å². The molecule has 1 rings (SSSR count). The third-order valence-corrected chi connectivity index (χ3v) is 4.91. The van der Waals surface area contributed by atoms with E-state index in [1.165, 1.54) is 12.4 Å². The molecule has 1 aromatic heterocycles. The van der Waals surface area contributed by atoms with Gasteiger partial charge in [-0.1, -0.05) is 11.6 Å². The lowest BCUT2D eigenvalue weighted by atomic mass is 10.3. The predicted molar refractivity (Wildman–Crippen MR) is 65.0 cm³/mol. The van der Waals surface area contributed by atoms with E-state index in [0.717, 1.165) is 0 Å². The monoisotopic (exact) mass is 262 g/mol. The van der Waals surface area contributed by atoms with Crippen LogP contribution in [0.3, 0.4) is 0 Å². The first-order chi connectivity index (χ1) is 7.47. The van der Waals surface area contributed by atoms with Crippen molar-refractivity contribution < 1.29 is 8.42 Å². The van der Waals surface area contributed by atoms with E-state index >= 15 is 0 Å². The van der Waals surface area contributed by atoms with Crippen LogP contribution in [0.15, 0.2) is 18.5 Å². The number of pyridine rings is 1. The van der Waals surface area contributed by atoms with Crippen molar-refractivity contribution in [2.75, 3.05) is 6.54 Å². The summed E-state index contributed by atoms with van der Waals surface area (Å²) in [5, 5.41) is -0.0623. The molecule has 0 saturated carbocycles. The van der Waals surface area contributed by atoms with Crippen LogP contribution < -0.4 is 5.73 Å². The normalized spacial score (nSPS) is 13.7.